The predicted molar refractivity (Wildman–Crippen MR) is 97.7 cm³/mol. The Morgan fingerprint density at radius 1 is 1.09 bits per heavy atom. The second-order valence-corrected chi connectivity index (χ2v) is 5.97. The Morgan fingerprint density at radius 3 is 2.65 bits per heavy atom. The van der Waals surface area contributed by atoms with Crippen LogP contribution in [0.25, 0.3) is 21.8 Å². The van der Waals surface area contributed by atoms with Crippen LogP contribution in [0.3, 0.4) is 0 Å². The third-order valence-electron chi connectivity index (χ3n) is 4.66. The van der Waals surface area contributed by atoms with Crippen LogP contribution in [-0.2, 0) is 13.6 Å². The molecule has 0 unspecified atom stereocenters. The number of benzene rings is 1. The van der Waals surface area contributed by atoms with Gasteiger partial charge in [-0.15, -0.1) is 0 Å². The van der Waals surface area contributed by atoms with Crippen LogP contribution < -0.4 is 5.32 Å². The van der Waals surface area contributed by atoms with Crippen molar-refractivity contribution in [1.82, 2.24) is 19.8 Å². The molecule has 4 heteroatoms. The van der Waals surface area contributed by atoms with Gasteiger partial charge in [0, 0.05) is 43.0 Å². The minimum Gasteiger partial charge on any atom is -0.342 e. The van der Waals surface area contributed by atoms with Crippen LogP contribution in [0.2, 0.25) is 0 Å². The van der Waals surface area contributed by atoms with Gasteiger partial charge in [-0.1, -0.05) is 32.0 Å². The van der Waals surface area contributed by atoms with Gasteiger partial charge < -0.3 is 14.8 Å². The number of likely N-dealkylation sites (N-methyl/N-ethyl adjacent to an activating group) is 1. The fourth-order valence-electron chi connectivity index (χ4n) is 3.19. The van der Waals surface area contributed by atoms with Crippen molar-refractivity contribution in [2.24, 2.45) is 7.05 Å². The van der Waals surface area contributed by atoms with E-state index in [1.807, 2.05) is 6.20 Å². The summed E-state index contributed by atoms with van der Waals surface area (Å²) in [5.41, 5.74) is 3.56. The molecule has 4 nitrogen and oxygen atoms in total. The van der Waals surface area contributed by atoms with Crippen molar-refractivity contribution >= 4 is 21.8 Å². The first kappa shape index (κ1) is 16.0. The third kappa shape index (κ3) is 3.23. The monoisotopic (exact) mass is 310 g/mol. The zero-order valence-electron chi connectivity index (χ0n) is 14.3. The highest BCUT2D eigenvalue weighted by Crippen LogP contribution is 2.27. The molecule has 122 valence electrons. The molecule has 0 amide bonds. The average Bonchev–Trinajstić information content (AvgIpc) is 2.88. The largest absolute Gasteiger partial charge is 0.342 e. The van der Waals surface area contributed by atoms with E-state index in [1.165, 1.54) is 21.8 Å². The first-order chi connectivity index (χ1) is 11.2. The number of nitrogens with one attached hydrogen (secondary N) is 1. The van der Waals surface area contributed by atoms with E-state index < -0.39 is 0 Å². The standard InChI is InChI=1S/C19H26N4/c1-4-23(5-2)11-10-20-13-15-12-17-16-8-6-7-9-18(16)22(3)19(17)14-21-15/h6-9,12,14,20H,4-5,10-11,13H2,1-3H3. The molecule has 1 N–H and O–H groups in total. The molecule has 0 fully saturated rings. The van der Waals surface area contributed by atoms with E-state index in [1.54, 1.807) is 0 Å². The first-order valence-electron chi connectivity index (χ1n) is 8.49. The van der Waals surface area contributed by atoms with Gasteiger partial charge in [-0.3, -0.25) is 4.98 Å². The Balaban J connectivity index is 1.74. The summed E-state index contributed by atoms with van der Waals surface area (Å²) >= 11 is 0. The zero-order chi connectivity index (χ0) is 16.2. The van der Waals surface area contributed by atoms with E-state index in [9.17, 15) is 0 Å². The molecule has 3 aromatic rings. The van der Waals surface area contributed by atoms with Gasteiger partial charge in [0.15, 0.2) is 0 Å². The number of pyridine rings is 1. The second-order valence-electron chi connectivity index (χ2n) is 5.97. The molecule has 0 saturated heterocycles. The van der Waals surface area contributed by atoms with Gasteiger partial charge in [0.2, 0.25) is 0 Å². The SMILES string of the molecule is CCN(CC)CCNCc1cc2c3ccccc3n(C)c2cn1. The lowest BCUT2D eigenvalue weighted by Crippen LogP contribution is -2.31. The van der Waals surface area contributed by atoms with Crippen LogP contribution in [0.4, 0.5) is 0 Å². The van der Waals surface area contributed by atoms with Gasteiger partial charge in [-0.05, 0) is 25.2 Å². The summed E-state index contributed by atoms with van der Waals surface area (Å²) in [4.78, 5) is 7.05. The van der Waals surface area contributed by atoms with Gasteiger partial charge in [-0.25, -0.2) is 0 Å². The van der Waals surface area contributed by atoms with Crippen LogP contribution >= 0.6 is 0 Å². The molecule has 0 aliphatic carbocycles. The van der Waals surface area contributed by atoms with Crippen molar-refractivity contribution in [1.29, 1.82) is 0 Å². The number of hydrogen-bond acceptors (Lipinski definition) is 3. The lowest BCUT2D eigenvalue weighted by molar-refractivity contribution is 0.302. The zero-order valence-corrected chi connectivity index (χ0v) is 14.3. The summed E-state index contributed by atoms with van der Waals surface area (Å²) in [7, 11) is 2.11. The molecule has 23 heavy (non-hydrogen) atoms. The Morgan fingerprint density at radius 2 is 1.87 bits per heavy atom. The van der Waals surface area contributed by atoms with Crippen LogP contribution in [0, 0.1) is 0 Å². The number of nitrogens with zero attached hydrogens (tertiary/aromatic N) is 3. The molecule has 0 aliphatic rings. The van der Waals surface area contributed by atoms with Crippen molar-refractivity contribution < 1.29 is 0 Å². The molecule has 0 bridgehead atoms. The average molecular weight is 310 g/mol. The van der Waals surface area contributed by atoms with Crippen molar-refractivity contribution in [2.75, 3.05) is 26.2 Å². The molecule has 1 aromatic carbocycles. The Labute approximate surface area is 138 Å². The molecular weight excluding hydrogens is 284 g/mol. The van der Waals surface area contributed by atoms with Gasteiger partial charge in [0.1, 0.15) is 0 Å². The fourth-order valence-corrected chi connectivity index (χ4v) is 3.19. The quantitative estimate of drug-likeness (QED) is 0.681. The Kier molecular flexibility index (Phi) is 4.94. The van der Waals surface area contributed by atoms with Gasteiger partial charge in [-0.2, -0.15) is 0 Å². The van der Waals surface area contributed by atoms with Crippen molar-refractivity contribution in [2.45, 2.75) is 20.4 Å². The molecule has 0 atom stereocenters. The minimum absolute atomic E-state index is 0.820. The first-order valence-corrected chi connectivity index (χ1v) is 8.49. The Hall–Kier alpha value is -1.91. The summed E-state index contributed by atoms with van der Waals surface area (Å²) < 4.78 is 2.22. The van der Waals surface area contributed by atoms with Gasteiger partial charge in [0.05, 0.1) is 17.4 Å². The minimum atomic E-state index is 0.820. The highest BCUT2D eigenvalue weighted by atomic mass is 15.1. The number of aromatic nitrogens is 2. The molecule has 0 aliphatic heterocycles. The van der Waals surface area contributed by atoms with Crippen LogP contribution in [0.15, 0.2) is 36.5 Å². The lowest BCUT2D eigenvalue weighted by atomic mass is 10.1. The molecule has 0 spiro atoms. The summed E-state index contributed by atoms with van der Waals surface area (Å²) in [5.74, 6) is 0. The van der Waals surface area contributed by atoms with E-state index >= 15 is 0 Å². The summed E-state index contributed by atoms with van der Waals surface area (Å²) in [6.45, 7) is 9.54. The van der Waals surface area contributed by atoms with Crippen LogP contribution in [0.5, 0.6) is 0 Å². The van der Waals surface area contributed by atoms with Crippen molar-refractivity contribution in [3.8, 4) is 0 Å². The van der Waals surface area contributed by atoms with Gasteiger partial charge >= 0.3 is 0 Å². The maximum atomic E-state index is 4.62. The molecule has 2 aromatic heterocycles. The number of aryl methyl sites for hydroxylation is 1. The van der Waals surface area contributed by atoms with E-state index in [0.29, 0.717) is 0 Å². The topological polar surface area (TPSA) is 33.1 Å². The fraction of sp³-hybridized carbons (Fsp3) is 0.421. The second kappa shape index (κ2) is 7.11. The molecule has 0 saturated carbocycles. The maximum absolute atomic E-state index is 4.62. The number of para-hydroxylation sites is 1. The summed E-state index contributed by atoms with van der Waals surface area (Å²) in [5, 5.41) is 6.10. The van der Waals surface area contributed by atoms with Crippen LogP contribution in [-0.4, -0.2) is 40.6 Å². The molecule has 2 heterocycles. The van der Waals surface area contributed by atoms with Crippen LogP contribution in [0.1, 0.15) is 19.5 Å². The van der Waals surface area contributed by atoms with Crippen molar-refractivity contribution in [3.63, 3.8) is 0 Å². The highest BCUT2D eigenvalue weighted by Gasteiger charge is 2.08. The van der Waals surface area contributed by atoms with E-state index in [0.717, 1.165) is 38.4 Å². The predicted octanol–water partition coefficient (Wildman–Crippen LogP) is 3.16. The molecule has 3 rings (SSSR count). The number of fused-ring (bicyclic) bond motifs is 3. The highest BCUT2D eigenvalue weighted by molar-refractivity contribution is 6.07. The number of hydrogen-bond donors (Lipinski definition) is 1. The van der Waals surface area contributed by atoms with E-state index in [4.69, 9.17) is 0 Å². The van der Waals surface area contributed by atoms with E-state index in [2.05, 4.69) is 71.0 Å². The van der Waals surface area contributed by atoms with Crippen molar-refractivity contribution in [3.05, 3.63) is 42.2 Å². The number of rotatable bonds is 7. The summed E-state index contributed by atoms with van der Waals surface area (Å²) in [6.07, 6.45) is 2.00. The van der Waals surface area contributed by atoms with Gasteiger partial charge in [0.25, 0.3) is 0 Å². The lowest BCUT2D eigenvalue weighted by Gasteiger charge is -2.17. The smallest absolute Gasteiger partial charge is 0.0675 e. The maximum Gasteiger partial charge on any atom is 0.0675 e. The third-order valence-corrected chi connectivity index (χ3v) is 4.66. The molecule has 0 radical (unpaired) electrons. The molecular formula is C19H26N4. The Bertz CT molecular complexity index is 787. The van der Waals surface area contributed by atoms with E-state index in [-0.39, 0.29) is 0 Å². The summed E-state index contributed by atoms with van der Waals surface area (Å²) in [6, 6.07) is 10.8. The normalized spacial score (nSPS) is 11.8.